The number of rotatable bonds is 4. The van der Waals surface area contributed by atoms with Crippen molar-refractivity contribution in [3.05, 3.63) is 46.5 Å². The van der Waals surface area contributed by atoms with Crippen molar-refractivity contribution in [3.8, 4) is 12.1 Å². The molecule has 0 saturated carbocycles. The highest BCUT2D eigenvalue weighted by molar-refractivity contribution is 5.90. The molecule has 0 atom stereocenters. The van der Waals surface area contributed by atoms with Crippen molar-refractivity contribution in [1.29, 1.82) is 10.5 Å². The minimum atomic E-state index is 0.573. The molecule has 38 heavy (non-hydrogen) atoms. The first-order chi connectivity index (χ1) is 18.4. The standard InChI is InChI=1S/2C13H14N6/c1-9-11(17-19-4-3-15-7-19)5-10(6-14)13-12(9)16-8-18(13)2;1-8-11(18-19-4-3-15-7-19)5-10(6-14)13-12(8)16-9(2)17-13/h5,7-8,17H,3-4H2,1-2H3;5,7,18H,3-4H2,1-2H3,(H,16,17). The Hall–Kier alpha value is -5.10. The first-order valence-electron chi connectivity index (χ1n) is 12.2. The lowest BCUT2D eigenvalue weighted by molar-refractivity contribution is 0.557. The van der Waals surface area contributed by atoms with Crippen molar-refractivity contribution in [2.45, 2.75) is 20.8 Å². The van der Waals surface area contributed by atoms with Crippen molar-refractivity contribution >= 4 is 46.1 Å². The van der Waals surface area contributed by atoms with Crippen LogP contribution in [0.3, 0.4) is 0 Å². The molecule has 4 heterocycles. The molecular weight excluding hydrogens is 480 g/mol. The predicted molar refractivity (Wildman–Crippen MR) is 148 cm³/mol. The molecule has 0 radical (unpaired) electrons. The molecule has 0 amide bonds. The van der Waals surface area contributed by atoms with Crippen LogP contribution in [-0.2, 0) is 7.05 Å². The maximum Gasteiger partial charge on any atom is 0.107 e. The molecular formula is C26H28N12. The van der Waals surface area contributed by atoms with Gasteiger partial charge >= 0.3 is 0 Å². The van der Waals surface area contributed by atoms with E-state index in [1.54, 1.807) is 19.0 Å². The van der Waals surface area contributed by atoms with Gasteiger partial charge in [-0.1, -0.05) is 0 Å². The Bertz CT molecular complexity index is 1620. The van der Waals surface area contributed by atoms with E-state index < -0.39 is 0 Å². The summed E-state index contributed by atoms with van der Waals surface area (Å²) in [6, 6.07) is 8.14. The zero-order valence-electron chi connectivity index (χ0n) is 21.7. The highest BCUT2D eigenvalue weighted by Gasteiger charge is 2.16. The van der Waals surface area contributed by atoms with E-state index in [4.69, 9.17) is 0 Å². The van der Waals surface area contributed by atoms with E-state index in [9.17, 15) is 10.5 Å². The van der Waals surface area contributed by atoms with Crippen LogP contribution >= 0.6 is 0 Å². The van der Waals surface area contributed by atoms with Gasteiger partial charge in [-0.15, -0.1) is 0 Å². The number of benzene rings is 2. The Morgan fingerprint density at radius 3 is 2.05 bits per heavy atom. The van der Waals surface area contributed by atoms with Gasteiger partial charge in [0, 0.05) is 12.6 Å². The summed E-state index contributed by atoms with van der Waals surface area (Å²) in [6.45, 7) is 9.16. The third-order valence-corrected chi connectivity index (χ3v) is 6.54. The van der Waals surface area contributed by atoms with Gasteiger partial charge in [0.2, 0.25) is 0 Å². The summed E-state index contributed by atoms with van der Waals surface area (Å²) in [5, 5.41) is 22.4. The second kappa shape index (κ2) is 10.1. The van der Waals surface area contributed by atoms with Gasteiger partial charge in [0.1, 0.15) is 36.2 Å². The van der Waals surface area contributed by atoms with Crippen LogP contribution in [0.5, 0.6) is 0 Å². The molecule has 0 unspecified atom stereocenters. The van der Waals surface area contributed by atoms with Gasteiger partial charge in [0.25, 0.3) is 0 Å². The Kier molecular flexibility index (Phi) is 6.54. The normalized spacial score (nSPS) is 14.1. The quantitative estimate of drug-likeness (QED) is 0.381. The molecule has 12 nitrogen and oxygen atoms in total. The molecule has 0 spiro atoms. The Morgan fingerprint density at radius 1 is 0.868 bits per heavy atom. The molecule has 0 saturated heterocycles. The van der Waals surface area contributed by atoms with Crippen molar-refractivity contribution in [2.75, 3.05) is 37.0 Å². The van der Waals surface area contributed by atoms with Crippen molar-refractivity contribution < 1.29 is 0 Å². The van der Waals surface area contributed by atoms with Gasteiger partial charge in [0.15, 0.2) is 0 Å². The second-order valence-electron chi connectivity index (χ2n) is 9.17. The minimum Gasteiger partial charge on any atom is -0.342 e. The maximum atomic E-state index is 9.30. The van der Waals surface area contributed by atoms with Gasteiger partial charge < -0.3 is 9.55 Å². The first kappa shape index (κ1) is 24.6. The van der Waals surface area contributed by atoms with Crippen LogP contribution in [0, 0.1) is 43.4 Å². The highest BCUT2D eigenvalue weighted by Crippen LogP contribution is 2.29. The lowest BCUT2D eigenvalue weighted by atomic mass is 10.1. The monoisotopic (exact) mass is 508 g/mol. The largest absolute Gasteiger partial charge is 0.342 e. The third-order valence-electron chi connectivity index (χ3n) is 6.54. The van der Waals surface area contributed by atoms with Gasteiger partial charge in [-0.3, -0.25) is 30.9 Å². The number of H-pyrrole nitrogens is 1. The summed E-state index contributed by atoms with van der Waals surface area (Å²) in [7, 11) is 1.90. The number of nitriles is 2. The molecule has 2 aromatic heterocycles. The summed E-state index contributed by atoms with van der Waals surface area (Å²) in [6.07, 6.45) is 5.28. The molecule has 3 N–H and O–H groups in total. The van der Waals surface area contributed by atoms with E-state index in [-0.39, 0.29) is 0 Å². The van der Waals surface area contributed by atoms with Crippen LogP contribution in [0.15, 0.2) is 28.4 Å². The van der Waals surface area contributed by atoms with Crippen molar-refractivity contribution in [3.63, 3.8) is 0 Å². The number of imidazole rings is 2. The van der Waals surface area contributed by atoms with Crippen LogP contribution in [0.25, 0.3) is 22.1 Å². The van der Waals surface area contributed by atoms with Gasteiger partial charge in [-0.05, 0) is 38.5 Å². The van der Waals surface area contributed by atoms with Crippen LogP contribution in [0.2, 0.25) is 0 Å². The fourth-order valence-electron chi connectivity index (χ4n) is 4.52. The van der Waals surface area contributed by atoms with E-state index in [2.05, 4.69) is 47.9 Å². The van der Waals surface area contributed by atoms with E-state index in [0.717, 1.165) is 76.6 Å². The molecule has 192 valence electrons. The van der Waals surface area contributed by atoms with E-state index in [1.807, 2.05) is 54.5 Å². The summed E-state index contributed by atoms with van der Waals surface area (Å²) >= 11 is 0. The number of anilines is 2. The van der Waals surface area contributed by atoms with Crippen LogP contribution in [0.1, 0.15) is 28.1 Å². The fourth-order valence-corrected chi connectivity index (χ4v) is 4.52. The van der Waals surface area contributed by atoms with Gasteiger partial charge in [0.05, 0.1) is 71.6 Å². The number of aliphatic imine (C=N–C) groups is 2. The molecule has 2 aromatic carbocycles. The zero-order chi connectivity index (χ0) is 26.8. The summed E-state index contributed by atoms with van der Waals surface area (Å²) < 4.78 is 1.88. The van der Waals surface area contributed by atoms with E-state index >= 15 is 0 Å². The average Bonchev–Trinajstić information content (AvgIpc) is 3.72. The number of hydrazine groups is 2. The summed E-state index contributed by atoms with van der Waals surface area (Å²) in [4.78, 5) is 20.3. The highest BCUT2D eigenvalue weighted by atomic mass is 15.5. The van der Waals surface area contributed by atoms with Crippen LogP contribution in [0.4, 0.5) is 11.4 Å². The predicted octanol–water partition coefficient (Wildman–Crippen LogP) is 3.15. The Balaban J connectivity index is 0.000000155. The molecule has 4 aromatic rings. The van der Waals surface area contributed by atoms with Crippen molar-refractivity contribution in [2.24, 2.45) is 17.0 Å². The molecule has 12 heteroatoms. The number of hydrogen-bond donors (Lipinski definition) is 3. The molecule has 0 fully saturated rings. The average molecular weight is 509 g/mol. The molecule has 6 rings (SSSR count). The minimum absolute atomic E-state index is 0.573. The SMILES string of the molecule is Cc1c(NN2C=NCC2)cc(C#N)c2c1ncn2C.Cc1nc2c(C#N)cc(NN3C=NCC3)c(C)c2[nH]1. The van der Waals surface area contributed by atoms with Gasteiger partial charge in [-0.2, -0.15) is 10.5 Å². The maximum absolute atomic E-state index is 9.30. The van der Waals surface area contributed by atoms with E-state index in [0.29, 0.717) is 11.1 Å². The van der Waals surface area contributed by atoms with Gasteiger partial charge in [-0.25, -0.2) is 9.97 Å². The molecule has 0 bridgehead atoms. The number of aryl methyl sites for hydroxylation is 4. The Labute approximate surface area is 219 Å². The zero-order valence-corrected chi connectivity index (χ0v) is 21.7. The second-order valence-corrected chi connectivity index (χ2v) is 9.17. The number of nitrogens with zero attached hydrogens (tertiary/aromatic N) is 9. The fraction of sp³-hybridized carbons (Fsp3) is 0.308. The summed E-state index contributed by atoms with van der Waals surface area (Å²) in [5.41, 5.74) is 15.0. The first-order valence-corrected chi connectivity index (χ1v) is 12.2. The summed E-state index contributed by atoms with van der Waals surface area (Å²) in [5.74, 6) is 0.814. The molecule has 2 aliphatic rings. The number of fused-ring (bicyclic) bond motifs is 2. The van der Waals surface area contributed by atoms with Crippen molar-refractivity contribution in [1.82, 2.24) is 29.5 Å². The lowest BCUT2D eigenvalue weighted by Crippen LogP contribution is -2.27. The molecule has 2 aliphatic heterocycles. The topological polar surface area (TPSA) is 149 Å². The number of aromatic nitrogens is 4. The van der Waals surface area contributed by atoms with E-state index in [1.165, 1.54) is 0 Å². The Morgan fingerprint density at radius 2 is 1.47 bits per heavy atom. The smallest absolute Gasteiger partial charge is 0.107 e. The number of hydrogen-bond acceptors (Lipinski definition) is 10. The number of aromatic amines is 1. The van der Waals surface area contributed by atoms with Crippen LogP contribution < -0.4 is 10.9 Å². The lowest BCUT2D eigenvalue weighted by Gasteiger charge is -2.19. The third kappa shape index (κ3) is 4.55. The number of nitrogens with one attached hydrogen (secondary N) is 3. The molecule has 0 aliphatic carbocycles. The van der Waals surface area contributed by atoms with Crippen LogP contribution in [-0.4, -0.2) is 68.4 Å².